The molecule has 1 aromatic rings. The highest BCUT2D eigenvalue weighted by Gasteiger charge is 2.35. The molecule has 0 aliphatic heterocycles. The minimum absolute atomic E-state index is 0.335. The van der Waals surface area contributed by atoms with Gasteiger partial charge in [0.25, 0.3) is 5.91 Å². The molecule has 0 saturated heterocycles. The van der Waals surface area contributed by atoms with Crippen LogP contribution in [0.1, 0.15) is 15.9 Å². The van der Waals surface area contributed by atoms with Gasteiger partial charge in [-0.25, -0.2) is 0 Å². The Morgan fingerprint density at radius 3 is 2.37 bits per heavy atom. The molecule has 0 spiro atoms. The zero-order valence-corrected chi connectivity index (χ0v) is 9.54. The number of hydrazine groups is 1. The zero-order valence-electron chi connectivity index (χ0n) is 9.54. The van der Waals surface area contributed by atoms with Crippen LogP contribution in [0.25, 0.3) is 0 Å². The highest BCUT2D eigenvalue weighted by atomic mass is 19.4. The fourth-order valence-corrected chi connectivity index (χ4v) is 1.40. The van der Waals surface area contributed by atoms with Crippen molar-refractivity contribution < 1.29 is 22.8 Å². The van der Waals surface area contributed by atoms with Gasteiger partial charge in [0.1, 0.15) is 0 Å². The molecule has 0 aliphatic rings. The summed E-state index contributed by atoms with van der Waals surface area (Å²) >= 11 is 0. The molecule has 0 fully saturated rings. The standard InChI is InChI=1S/C10H11F3N4O2/c11-10(12,13)6-3-1-2-5(8(6)17-15)9(19)16-4-7(14)18/h1-3,17H,4,15H2,(H2,14,18)(H,16,19). The van der Waals surface area contributed by atoms with Gasteiger partial charge < -0.3 is 16.5 Å². The number of nitrogens with two attached hydrogens (primary N) is 2. The second-order valence-electron chi connectivity index (χ2n) is 3.52. The van der Waals surface area contributed by atoms with Crippen LogP contribution < -0.4 is 22.3 Å². The van der Waals surface area contributed by atoms with Crippen LogP contribution in [-0.2, 0) is 11.0 Å². The molecule has 0 atom stereocenters. The first-order chi connectivity index (χ1) is 8.77. The fourth-order valence-electron chi connectivity index (χ4n) is 1.40. The van der Waals surface area contributed by atoms with Gasteiger partial charge in [-0.2, -0.15) is 13.2 Å². The summed E-state index contributed by atoms with van der Waals surface area (Å²) in [7, 11) is 0. The summed E-state index contributed by atoms with van der Waals surface area (Å²) in [6.45, 7) is -0.487. The minimum atomic E-state index is -4.66. The fraction of sp³-hybridized carbons (Fsp3) is 0.200. The van der Waals surface area contributed by atoms with E-state index >= 15 is 0 Å². The summed E-state index contributed by atoms with van der Waals surface area (Å²) in [6, 6.07) is 2.98. The second-order valence-corrected chi connectivity index (χ2v) is 3.52. The van der Waals surface area contributed by atoms with E-state index in [1.54, 1.807) is 0 Å². The Morgan fingerprint density at radius 1 is 1.26 bits per heavy atom. The maximum absolute atomic E-state index is 12.7. The lowest BCUT2D eigenvalue weighted by molar-refractivity contribution is -0.137. The molecule has 6 nitrogen and oxygen atoms in total. The lowest BCUT2D eigenvalue weighted by Crippen LogP contribution is -2.34. The van der Waals surface area contributed by atoms with Crippen LogP contribution in [-0.4, -0.2) is 18.4 Å². The number of nitrogen functional groups attached to an aromatic ring is 1. The molecule has 104 valence electrons. The van der Waals surface area contributed by atoms with E-state index in [4.69, 9.17) is 11.6 Å². The molecule has 0 radical (unpaired) electrons. The first-order valence-corrected chi connectivity index (χ1v) is 5.00. The van der Waals surface area contributed by atoms with E-state index in [0.717, 1.165) is 18.2 Å². The molecule has 0 aliphatic carbocycles. The van der Waals surface area contributed by atoms with E-state index < -0.39 is 35.8 Å². The number of carbonyl (C=O) groups is 2. The Kier molecular flexibility index (Phi) is 4.33. The summed E-state index contributed by atoms with van der Waals surface area (Å²) in [4.78, 5) is 22.1. The first-order valence-electron chi connectivity index (χ1n) is 5.00. The number of halogens is 3. The van der Waals surface area contributed by atoms with E-state index in [-0.39, 0.29) is 5.56 Å². The summed E-state index contributed by atoms with van der Waals surface area (Å²) in [5, 5.41) is 2.08. The van der Waals surface area contributed by atoms with Crippen LogP contribution >= 0.6 is 0 Å². The third-order valence-electron chi connectivity index (χ3n) is 2.18. The quantitative estimate of drug-likeness (QED) is 0.465. The topological polar surface area (TPSA) is 110 Å². The lowest BCUT2D eigenvalue weighted by Gasteiger charge is -2.15. The van der Waals surface area contributed by atoms with Crippen LogP contribution in [0.5, 0.6) is 0 Å². The first kappa shape index (κ1) is 14.8. The Hall–Kier alpha value is -2.29. The number of nitrogens with one attached hydrogen (secondary N) is 2. The van der Waals surface area contributed by atoms with Gasteiger partial charge in [0.05, 0.1) is 23.4 Å². The lowest BCUT2D eigenvalue weighted by atomic mass is 10.1. The van der Waals surface area contributed by atoms with Crippen LogP contribution in [0, 0.1) is 0 Å². The normalized spacial score (nSPS) is 10.9. The predicted molar refractivity (Wildman–Crippen MR) is 60.8 cm³/mol. The summed E-state index contributed by atoms with van der Waals surface area (Å²) in [5.74, 6) is 3.31. The number of carbonyl (C=O) groups excluding carboxylic acids is 2. The number of hydrogen-bond donors (Lipinski definition) is 4. The van der Waals surface area contributed by atoms with E-state index in [0.29, 0.717) is 0 Å². The molecule has 0 unspecified atom stereocenters. The number of benzene rings is 1. The minimum Gasteiger partial charge on any atom is -0.368 e. The van der Waals surface area contributed by atoms with Crippen LogP contribution in [0.3, 0.4) is 0 Å². The van der Waals surface area contributed by atoms with Gasteiger partial charge in [-0.1, -0.05) is 6.07 Å². The number of para-hydroxylation sites is 1. The highest BCUT2D eigenvalue weighted by Crippen LogP contribution is 2.36. The Labute approximate surface area is 105 Å². The van der Waals surface area contributed by atoms with Crippen LogP contribution in [0.4, 0.5) is 18.9 Å². The van der Waals surface area contributed by atoms with Crippen molar-refractivity contribution >= 4 is 17.5 Å². The van der Waals surface area contributed by atoms with Gasteiger partial charge in [-0.3, -0.25) is 15.4 Å². The highest BCUT2D eigenvalue weighted by molar-refractivity contribution is 6.01. The van der Waals surface area contributed by atoms with Crippen molar-refractivity contribution in [2.24, 2.45) is 11.6 Å². The maximum Gasteiger partial charge on any atom is 0.418 e. The molecule has 9 heteroatoms. The van der Waals surface area contributed by atoms with Gasteiger partial charge in [-0.15, -0.1) is 0 Å². The van der Waals surface area contributed by atoms with Gasteiger partial charge >= 0.3 is 6.18 Å². The molecule has 0 aromatic heterocycles. The summed E-state index contributed by atoms with van der Waals surface area (Å²) in [5.41, 5.74) is 4.67. The van der Waals surface area contributed by atoms with E-state index in [2.05, 4.69) is 5.32 Å². The molecular weight excluding hydrogens is 265 g/mol. The molecule has 1 rings (SSSR count). The van der Waals surface area contributed by atoms with Gasteiger partial charge in [0.2, 0.25) is 5.91 Å². The molecule has 0 bridgehead atoms. The predicted octanol–water partition coefficient (Wildman–Crippen LogP) is 0.206. The van der Waals surface area contributed by atoms with Gasteiger partial charge in [-0.05, 0) is 12.1 Å². The number of anilines is 1. The number of hydrogen-bond acceptors (Lipinski definition) is 4. The summed E-state index contributed by atoms with van der Waals surface area (Å²) < 4.78 is 38.1. The molecular formula is C10H11F3N4O2. The number of amides is 2. The molecule has 6 N–H and O–H groups in total. The number of rotatable bonds is 4. The monoisotopic (exact) mass is 276 g/mol. The molecule has 0 heterocycles. The van der Waals surface area contributed by atoms with Crippen molar-refractivity contribution in [2.45, 2.75) is 6.18 Å². The van der Waals surface area contributed by atoms with Crippen LogP contribution in [0.15, 0.2) is 18.2 Å². The SMILES string of the molecule is NNc1c(C(=O)NCC(N)=O)cccc1C(F)(F)F. The van der Waals surface area contributed by atoms with E-state index in [1.807, 2.05) is 5.43 Å². The second kappa shape index (κ2) is 5.57. The van der Waals surface area contributed by atoms with E-state index in [1.165, 1.54) is 0 Å². The van der Waals surface area contributed by atoms with Crippen molar-refractivity contribution in [3.05, 3.63) is 29.3 Å². The summed E-state index contributed by atoms with van der Waals surface area (Å²) in [6.07, 6.45) is -4.66. The Bertz CT molecular complexity index is 502. The number of primary amides is 1. The molecule has 1 aromatic carbocycles. The van der Waals surface area contributed by atoms with Gasteiger partial charge in [0, 0.05) is 0 Å². The average Bonchev–Trinajstić information content (AvgIpc) is 2.33. The third-order valence-corrected chi connectivity index (χ3v) is 2.18. The molecule has 2 amide bonds. The van der Waals surface area contributed by atoms with Crippen molar-refractivity contribution in [2.75, 3.05) is 12.0 Å². The maximum atomic E-state index is 12.7. The zero-order chi connectivity index (χ0) is 14.6. The average molecular weight is 276 g/mol. The smallest absolute Gasteiger partial charge is 0.368 e. The van der Waals surface area contributed by atoms with E-state index in [9.17, 15) is 22.8 Å². The van der Waals surface area contributed by atoms with Crippen molar-refractivity contribution in [1.29, 1.82) is 0 Å². The number of alkyl halides is 3. The van der Waals surface area contributed by atoms with Crippen molar-refractivity contribution in [3.8, 4) is 0 Å². The third kappa shape index (κ3) is 3.58. The molecule has 0 saturated carbocycles. The Morgan fingerprint density at radius 2 is 1.89 bits per heavy atom. The van der Waals surface area contributed by atoms with Crippen molar-refractivity contribution in [1.82, 2.24) is 5.32 Å². The van der Waals surface area contributed by atoms with Gasteiger partial charge in [0.15, 0.2) is 0 Å². The van der Waals surface area contributed by atoms with Crippen molar-refractivity contribution in [3.63, 3.8) is 0 Å². The Balaban J connectivity index is 3.14. The van der Waals surface area contributed by atoms with Crippen LogP contribution in [0.2, 0.25) is 0 Å². The largest absolute Gasteiger partial charge is 0.418 e. The molecule has 19 heavy (non-hydrogen) atoms.